The predicted octanol–water partition coefficient (Wildman–Crippen LogP) is 3.35. The van der Waals surface area contributed by atoms with E-state index in [1.54, 1.807) is 7.11 Å². The zero-order valence-corrected chi connectivity index (χ0v) is 16.7. The van der Waals surface area contributed by atoms with Gasteiger partial charge in [0.1, 0.15) is 10.6 Å². The van der Waals surface area contributed by atoms with Crippen LogP contribution in [0.4, 0.5) is 0 Å². The Hall–Kier alpha value is -2.67. The minimum atomic E-state index is -0.187. The maximum Gasteiger partial charge on any atom is 0.262 e. The fourth-order valence-corrected chi connectivity index (χ4v) is 4.05. The number of hydrogen-bond donors (Lipinski definition) is 1. The molecule has 0 saturated carbocycles. The number of nitrogens with one attached hydrogen (secondary N) is 1. The molecule has 1 aromatic carbocycles. The van der Waals surface area contributed by atoms with Crippen LogP contribution in [0, 0.1) is 13.8 Å². The van der Waals surface area contributed by atoms with Crippen LogP contribution in [-0.2, 0) is 11.3 Å². The first kappa shape index (κ1) is 19.1. The average molecular weight is 385 g/mol. The number of carbonyl (C=O) groups excluding carboxylic acids is 1. The Morgan fingerprint density at radius 1 is 1.33 bits per heavy atom. The van der Waals surface area contributed by atoms with Crippen molar-refractivity contribution < 1.29 is 9.53 Å². The van der Waals surface area contributed by atoms with Crippen LogP contribution in [0.2, 0.25) is 0 Å². The van der Waals surface area contributed by atoms with Crippen molar-refractivity contribution in [3.63, 3.8) is 0 Å². The van der Waals surface area contributed by atoms with Crippen LogP contribution in [0.25, 0.3) is 10.2 Å². The number of ether oxygens (including phenoxy) is 1. The molecule has 1 atom stereocenters. The second kappa shape index (κ2) is 7.92. The highest BCUT2D eigenvalue weighted by molar-refractivity contribution is 7.18. The molecule has 0 fully saturated rings. The van der Waals surface area contributed by atoms with E-state index in [2.05, 4.69) is 10.3 Å². The van der Waals surface area contributed by atoms with Gasteiger partial charge in [-0.25, -0.2) is 4.98 Å². The van der Waals surface area contributed by atoms with Crippen LogP contribution < -0.4 is 15.6 Å². The van der Waals surface area contributed by atoms with Crippen molar-refractivity contribution in [3.8, 4) is 5.75 Å². The van der Waals surface area contributed by atoms with Gasteiger partial charge < -0.3 is 10.1 Å². The molecular weight excluding hydrogens is 362 g/mol. The van der Waals surface area contributed by atoms with Gasteiger partial charge in [-0.3, -0.25) is 14.2 Å². The van der Waals surface area contributed by atoms with Crippen molar-refractivity contribution in [3.05, 3.63) is 57.0 Å². The van der Waals surface area contributed by atoms with Gasteiger partial charge >= 0.3 is 0 Å². The molecule has 0 aliphatic rings. The molecule has 3 aromatic rings. The lowest BCUT2D eigenvalue weighted by Gasteiger charge is -2.17. The van der Waals surface area contributed by atoms with Gasteiger partial charge in [0.2, 0.25) is 5.91 Å². The smallest absolute Gasteiger partial charge is 0.262 e. The maximum atomic E-state index is 12.7. The molecule has 3 rings (SSSR count). The third-order valence-electron chi connectivity index (χ3n) is 4.72. The van der Waals surface area contributed by atoms with E-state index in [4.69, 9.17) is 4.74 Å². The molecule has 0 spiro atoms. The summed E-state index contributed by atoms with van der Waals surface area (Å²) in [5, 5.41) is 3.62. The Balaban J connectivity index is 1.69. The molecule has 6 nitrogen and oxygen atoms in total. The number of para-hydroxylation sites is 1. The van der Waals surface area contributed by atoms with Crippen LogP contribution in [0.3, 0.4) is 0 Å². The molecule has 7 heteroatoms. The highest BCUT2D eigenvalue weighted by Crippen LogP contribution is 2.26. The van der Waals surface area contributed by atoms with Gasteiger partial charge in [-0.1, -0.05) is 18.2 Å². The monoisotopic (exact) mass is 385 g/mol. The molecule has 1 unspecified atom stereocenters. The summed E-state index contributed by atoms with van der Waals surface area (Å²) in [6, 6.07) is 7.40. The van der Waals surface area contributed by atoms with Gasteiger partial charge in [0.05, 0.1) is 24.9 Å². The molecule has 0 aliphatic carbocycles. The highest BCUT2D eigenvalue weighted by atomic mass is 32.1. The van der Waals surface area contributed by atoms with Gasteiger partial charge in [0, 0.05) is 23.4 Å². The number of fused-ring (bicyclic) bond motifs is 1. The van der Waals surface area contributed by atoms with Crippen LogP contribution in [-0.4, -0.2) is 22.6 Å². The fraction of sp³-hybridized carbons (Fsp3) is 0.350. The summed E-state index contributed by atoms with van der Waals surface area (Å²) in [4.78, 5) is 31.3. The Labute approximate surface area is 161 Å². The molecule has 0 bridgehead atoms. The normalized spacial score (nSPS) is 12.1. The third-order valence-corrected chi connectivity index (χ3v) is 5.83. The van der Waals surface area contributed by atoms with Gasteiger partial charge in [-0.15, -0.1) is 11.3 Å². The molecule has 2 aromatic heterocycles. The van der Waals surface area contributed by atoms with Crippen molar-refractivity contribution >= 4 is 27.5 Å². The Morgan fingerprint density at radius 2 is 2.07 bits per heavy atom. The average Bonchev–Trinajstić information content (AvgIpc) is 2.95. The van der Waals surface area contributed by atoms with Gasteiger partial charge in [-0.05, 0) is 32.4 Å². The van der Waals surface area contributed by atoms with Gasteiger partial charge in [-0.2, -0.15) is 0 Å². The van der Waals surface area contributed by atoms with Crippen LogP contribution in [0.1, 0.15) is 35.4 Å². The van der Waals surface area contributed by atoms with Crippen LogP contribution in [0.15, 0.2) is 35.4 Å². The summed E-state index contributed by atoms with van der Waals surface area (Å²) < 4.78 is 6.85. The first-order valence-electron chi connectivity index (χ1n) is 8.79. The SMILES string of the molecule is COc1ccccc1C(C)NC(=O)CCn1cnc2sc(C)c(C)c2c1=O. The van der Waals surface area contributed by atoms with E-state index in [-0.39, 0.29) is 23.9 Å². The third kappa shape index (κ3) is 3.88. The molecule has 142 valence electrons. The molecule has 0 saturated heterocycles. The largest absolute Gasteiger partial charge is 0.496 e. The lowest BCUT2D eigenvalue weighted by molar-refractivity contribution is -0.122. The Kier molecular flexibility index (Phi) is 5.60. The number of benzene rings is 1. The quantitative estimate of drug-likeness (QED) is 0.706. The summed E-state index contributed by atoms with van der Waals surface area (Å²) in [5.41, 5.74) is 1.79. The number of aromatic nitrogens is 2. The number of aryl methyl sites for hydroxylation is 3. The summed E-state index contributed by atoms with van der Waals surface area (Å²) in [7, 11) is 1.61. The van der Waals surface area contributed by atoms with Crippen LogP contribution >= 0.6 is 11.3 Å². The predicted molar refractivity (Wildman–Crippen MR) is 108 cm³/mol. The second-order valence-electron chi connectivity index (χ2n) is 6.49. The summed E-state index contributed by atoms with van der Waals surface area (Å²) in [6.45, 7) is 6.12. The number of thiophene rings is 1. The van der Waals surface area contributed by atoms with Gasteiger partial charge in [0.25, 0.3) is 5.56 Å². The van der Waals surface area contributed by atoms with Gasteiger partial charge in [0.15, 0.2) is 0 Å². The summed E-state index contributed by atoms with van der Waals surface area (Å²) in [6.07, 6.45) is 1.73. The number of hydrogen-bond acceptors (Lipinski definition) is 5. The minimum Gasteiger partial charge on any atom is -0.496 e. The molecule has 0 aliphatic heterocycles. The molecule has 0 radical (unpaired) electrons. The second-order valence-corrected chi connectivity index (χ2v) is 7.69. The lowest BCUT2D eigenvalue weighted by Crippen LogP contribution is -2.29. The van der Waals surface area contributed by atoms with Crippen molar-refractivity contribution in [1.29, 1.82) is 0 Å². The maximum absolute atomic E-state index is 12.7. The van der Waals surface area contributed by atoms with E-state index in [9.17, 15) is 9.59 Å². The zero-order valence-electron chi connectivity index (χ0n) is 15.9. The van der Waals surface area contributed by atoms with E-state index < -0.39 is 0 Å². The first-order valence-corrected chi connectivity index (χ1v) is 9.61. The van der Waals surface area contributed by atoms with E-state index in [1.165, 1.54) is 22.2 Å². The number of amides is 1. The number of carbonyl (C=O) groups is 1. The molecule has 1 amide bonds. The van der Waals surface area contributed by atoms with Crippen molar-refractivity contribution in [2.45, 2.75) is 39.8 Å². The summed E-state index contributed by atoms with van der Waals surface area (Å²) in [5.74, 6) is 0.609. The molecule has 1 N–H and O–H groups in total. The van der Waals surface area contributed by atoms with E-state index >= 15 is 0 Å². The zero-order chi connectivity index (χ0) is 19.6. The number of methoxy groups -OCH3 is 1. The van der Waals surface area contributed by atoms with Crippen molar-refractivity contribution in [2.75, 3.05) is 7.11 Å². The molecule has 2 heterocycles. The standard InChI is InChI=1S/C20H23N3O3S/c1-12-14(3)27-19-18(12)20(25)23(11-21-19)10-9-17(24)22-13(2)15-7-5-6-8-16(15)26-4/h5-8,11,13H,9-10H2,1-4H3,(H,22,24). The minimum absolute atomic E-state index is 0.0903. The number of rotatable bonds is 6. The van der Waals surface area contributed by atoms with E-state index in [0.29, 0.717) is 11.9 Å². The highest BCUT2D eigenvalue weighted by Gasteiger charge is 2.15. The van der Waals surface area contributed by atoms with E-state index in [0.717, 1.165) is 26.6 Å². The summed E-state index contributed by atoms with van der Waals surface area (Å²) >= 11 is 1.52. The van der Waals surface area contributed by atoms with Crippen molar-refractivity contribution in [1.82, 2.24) is 14.9 Å². The fourth-order valence-electron chi connectivity index (χ4n) is 3.07. The Bertz CT molecular complexity index is 1040. The molecule has 27 heavy (non-hydrogen) atoms. The number of nitrogens with zero attached hydrogens (tertiary/aromatic N) is 2. The Morgan fingerprint density at radius 3 is 2.81 bits per heavy atom. The first-order chi connectivity index (χ1) is 12.9. The van der Waals surface area contributed by atoms with E-state index in [1.807, 2.05) is 45.0 Å². The topological polar surface area (TPSA) is 73.2 Å². The van der Waals surface area contributed by atoms with Crippen molar-refractivity contribution in [2.24, 2.45) is 0 Å². The van der Waals surface area contributed by atoms with Crippen LogP contribution in [0.5, 0.6) is 5.75 Å². The lowest BCUT2D eigenvalue weighted by atomic mass is 10.1. The molecular formula is C20H23N3O3S.